The van der Waals surface area contributed by atoms with E-state index < -0.39 is 35.5 Å². The number of halogens is 2. The van der Waals surface area contributed by atoms with Crippen molar-refractivity contribution < 1.29 is 23.2 Å². The number of nitrogens with zero attached hydrogens (tertiary/aromatic N) is 2. The summed E-state index contributed by atoms with van der Waals surface area (Å²) in [6, 6.07) is 8.89. The molecule has 1 fully saturated rings. The zero-order valence-corrected chi connectivity index (χ0v) is 18.1. The van der Waals surface area contributed by atoms with Crippen LogP contribution in [0, 0.1) is 11.6 Å². The molecule has 1 aliphatic carbocycles. The maximum absolute atomic E-state index is 13.4. The summed E-state index contributed by atoms with van der Waals surface area (Å²) in [5.74, 6) is -1.90. The van der Waals surface area contributed by atoms with Gasteiger partial charge in [-0.3, -0.25) is 9.59 Å². The number of carbonyl (C=O) groups excluding carboxylic acids is 3. The molecule has 1 N–H and O–H groups in total. The van der Waals surface area contributed by atoms with Crippen molar-refractivity contribution in [1.29, 1.82) is 0 Å². The highest BCUT2D eigenvalue weighted by Crippen LogP contribution is 2.29. The van der Waals surface area contributed by atoms with Crippen LogP contribution in [0.25, 0.3) is 0 Å². The van der Waals surface area contributed by atoms with Crippen LogP contribution in [0.3, 0.4) is 0 Å². The Morgan fingerprint density at radius 2 is 1.64 bits per heavy atom. The van der Waals surface area contributed by atoms with Crippen LogP contribution in [0.15, 0.2) is 60.2 Å². The van der Waals surface area contributed by atoms with E-state index in [-0.39, 0.29) is 12.1 Å². The highest BCUT2D eigenvalue weighted by Gasteiger charge is 2.46. The smallest absolute Gasteiger partial charge is 0.326 e. The molecule has 0 aromatic heterocycles. The number of imide groups is 1. The van der Waals surface area contributed by atoms with Crippen LogP contribution in [-0.4, -0.2) is 35.3 Å². The van der Waals surface area contributed by atoms with Gasteiger partial charge < -0.3 is 10.2 Å². The van der Waals surface area contributed by atoms with Gasteiger partial charge in [0.1, 0.15) is 17.7 Å². The lowest BCUT2D eigenvalue weighted by atomic mass is 9.97. The summed E-state index contributed by atoms with van der Waals surface area (Å²) >= 11 is 0. The molecule has 6 nitrogen and oxygen atoms in total. The second-order valence-electron chi connectivity index (χ2n) is 8.26. The Kier molecular flexibility index (Phi) is 6.82. The van der Waals surface area contributed by atoms with Crippen molar-refractivity contribution in [3.8, 4) is 0 Å². The van der Waals surface area contributed by atoms with Crippen molar-refractivity contribution >= 4 is 29.2 Å². The Morgan fingerprint density at radius 1 is 0.970 bits per heavy atom. The molecule has 0 spiro atoms. The van der Waals surface area contributed by atoms with E-state index in [1.54, 1.807) is 0 Å². The third kappa shape index (κ3) is 5.27. The van der Waals surface area contributed by atoms with E-state index in [1.165, 1.54) is 59.0 Å². The Bertz CT molecular complexity index is 1070. The molecule has 4 rings (SSSR count). The number of allylic oxidation sites excluding steroid dienone is 1. The molecule has 2 aromatic carbocycles. The van der Waals surface area contributed by atoms with E-state index in [1.807, 2.05) is 0 Å². The summed E-state index contributed by atoms with van der Waals surface area (Å²) < 4.78 is 26.5. The molecule has 0 bridgehead atoms. The van der Waals surface area contributed by atoms with Crippen LogP contribution in [0.4, 0.5) is 25.0 Å². The molecular weight excluding hydrogens is 428 g/mol. The van der Waals surface area contributed by atoms with E-state index in [0.29, 0.717) is 18.7 Å². The maximum Gasteiger partial charge on any atom is 0.332 e. The number of nitrogens with one attached hydrogen (secondary N) is 1. The number of hydrogen-bond acceptors (Lipinski definition) is 3. The van der Waals surface area contributed by atoms with E-state index >= 15 is 0 Å². The van der Waals surface area contributed by atoms with Crippen molar-refractivity contribution in [1.82, 2.24) is 4.90 Å². The van der Waals surface area contributed by atoms with Crippen molar-refractivity contribution in [2.45, 2.75) is 44.6 Å². The third-order valence-electron chi connectivity index (χ3n) is 5.97. The Balaban J connectivity index is 1.53. The minimum absolute atomic E-state index is 0.237. The van der Waals surface area contributed by atoms with Crippen LogP contribution >= 0.6 is 0 Å². The topological polar surface area (TPSA) is 69.7 Å². The summed E-state index contributed by atoms with van der Waals surface area (Å²) in [5, 5.41) is 2.64. The van der Waals surface area contributed by atoms with Crippen LogP contribution in [0.2, 0.25) is 0 Å². The molecular formula is C25H25F2N3O3. The number of anilines is 2. The van der Waals surface area contributed by atoms with Gasteiger partial charge in [-0.15, -0.1) is 0 Å². The zero-order valence-electron chi connectivity index (χ0n) is 18.1. The lowest BCUT2D eigenvalue weighted by Crippen LogP contribution is -2.38. The highest BCUT2D eigenvalue weighted by atomic mass is 19.1. The predicted molar refractivity (Wildman–Crippen MR) is 121 cm³/mol. The largest absolute Gasteiger partial charge is 0.332 e. The molecule has 172 valence electrons. The fourth-order valence-electron chi connectivity index (χ4n) is 4.23. The summed E-state index contributed by atoms with van der Waals surface area (Å²) in [4.78, 5) is 41.5. The van der Waals surface area contributed by atoms with Gasteiger partial charge in [-0.25, -0.2) is 18.5 Å². The average Bonchev–Trinajstić information content (AvgIpc) is 3.04. The predicted octanol–water partition coefficient (Wildman–Crippen LogP) is 5.02. The first kappa shape index (κ1) is 22.6. The first-order valence-corrected chi connectivity index (χ1v) is 11.1. The van der Waals surface area contributed by atoms with Crippen LogP contribution in [0.1, 0.15) is 38.5 Å². The molecule has 1 saturated heterocycles. The Labute approximate surface area is 190 Å². The Morgan fingerprint density at radius 3 is 2.27 bits per heavy atom. The van der Waals surface area contributed by atoms with E-state index in [0.717, 1.165) is 30.6 Å². The fourth-order valence-corrected chi connectivity index (χ4v) is 4.23. The molecule has 0 radical (unpaired) electrons. The van der Waals surface area contributed by atoms with Gasteiger partial charge in [0.15, 0.2) is 0 Å². The number of benzene rings is 2. The fraction of sp³-hybridized carbons (Fsp3) is 0.320. The highest BCUT2D eigenvalue weighted by molar-refractivity contribution is 6.22. The summed E-state index contributed by atoms with van der Waals surface area (Å²) in [6.07, 6.45) is 6.80. The number of carbonyl (C=O) groups is 3. The van der Waals surface area contributed by atoms with Gasteiger partial charge in [0.05, 0.1) is 12.1 Å². The van der Waals surface area contributed by atoms with Crippen LogP contribution in [-0.2, 0) is 9.59 Å². The second-order valence-corrected chi connectivity index (χ2v) is 8.26. The SMILES string of the molecule is O=C(C[C@@H]1C(=O)N(c2ccc(F)cc2)C(=O)N1CCC1=CCCCC1)Nc1ccc(F)cc1. The molecule has 2 aromatic rings. The Hall–Kier alpha value is -3.55. The third-order valence-corrected chi connectivity index (χ3v) is 5.97. The molecule has 0 unspecified atom stereocenters. The quantitative estimate of drug-likeness (QED) is 0.473. The molecule has 8 heteroatoms. The minimum atomic E-state index is -0.979. The van der Waals surface area contributed by atoms with E-state index in [2.05, 4.69) is 11.4 Å². The average molecular weight is 453 g/mol. The van der Waals surface area contributed by atoms with Crippen molar-refractivity contribution in [3.05, 3.63) is 71.8 Å². The zero-order chi connectivity index (χ0) is 23.4. The molecule has 1 atom stereocenters. The number of rotatable bonds is 7. The van der Waals surface area contributed by atoms with Crippen molar-refractivity contribution in [2.24, 2.45) is 0 Å². The van der Waals surface area contributed by atoms with Gasteiger partial charge in [0.25, 0.3) is 5.91 Å². The number of urea groups is 1. The molecule has 33 heavy (non-hydrogen) atoms. The van der Waals surface area contributed by atoms with Crippen LogP contribution in [0.5, 0.6) is 0 Å². The van der Waals surface area contributed by atoms with Gasteiger partial charge in [0, 0.05) is 12.2 Å². The summed E-state index contributed by atoms with van der Waals surface area (Å²) in [6.45, 7) is 0.308. The first-order chi connectivity index (χ1) is 15.9. The lowest BCUT2D eigenvalue weighted by molar-refractivity contribution is -0.124. The summed E-state index contributed by atoms with van der Waals surface area (Å²) in [5.41, 5.74) is 1.90. The second kappa shape index (κ2) is 9.94. The van der Waals surface area contributed by atoms with Gasteiger partial charge in [0.2, 0.25) is 5.91 Å². The van der Waals surface area contributed by atoms with Crippen molar-refractivity contribution in [2.75, 3.05) is 16.8 Å². The van der Waals surface area contributed by atoms with Gasteiger partial charge >= 0.3 is 6.03 Å². The molecule has 1 heterocycles. The number of amides is 4. The molecule has 4 amide bonds. The molecule has 1 aliphatic heterocycles. The molecule has 2 aliphatic rings. The first-order valence-electron chi connectivity index (χ1n) is 11.1. The lowest BCUT2D eigenvalue weighted by Gasteiger charge is -2.23. The monoisotopic (exact) mass is 453 g/mol. The standard InChI is InChI=1S/C25H25F2N3O3/c26-18-6-10-20(11-7-18)28-23(31)16-22-24(32)30(21-12-8-19(27)9-13-21)25(33)29(22)15-14-17-4-2-1-3-5-17/h4,6-13,22H,1-3,5,14-16H2,(H,28,31)/t22-/m1/s1. The summed E-state index contributed by atoms with van der Waals surface area (Å²) in [7, 11) is 0. The normalized spacial score (nSPS) is 18.5. The maximum atomic E-state index is 13.4. The van der Waals surface area contributed by atoms with E-state index in [9.17, 15) is 23.2 Å². The van der Waals surface area contributed by atoms with Crippen LogP contribution < -0.4 is 10.2 Å². The van der Waals surface area contributed by atoms with E-state index in [4.69, 9.17) is 0 Å². The van der Waals surface area contributed by atoms with Crippen molar-refractivity contribution in [3.63, 3.8) is 0 Å². The minimum Gasteiger partial charge on any atom is -0.326 e. The van der Waals surface area contributed by atoms with Gasteiger partial charge in [-0.1, -0.05) is 11.6 Å². The van der Waals surface area contributed by atoms with Gasteiger partial charge in [-0.05, 0) is 80.6 Å². The number of hydrogen-bond donors (Lipinski definition) is 1. The molecule has 0 saturated carbocycles. The van der Waals surface area contributed by atoms with Gasteiger partial charge in [-0.2, -0.15) is 0 Å².